The lowest BCUT2D eigenvalue weighted by Gasteiger charge is -2.28. The van der Waals surface area contributed by atoms with Gasteiger partial charge in [-0.2, -0.15) is 0 Å². The van der Waals surface area contributed by atoms with E-state index in [-0.39, 0.29) is 29.9 Å². The fourth-order valence-corrected chi connectivity index (χ4v) is 3.79. The zero-order valence-electron chi connectivity index (χ0n) is 16.4. The second kappa shape index (κ2) is 11.3. The van der Waals surface area contributed by atoms with Crippen LogP contribution in [0.2, 0.25) is 0 Å². The molecule has 6 nitrogen and oxygen atoms in total. The number of carbonyl (C=O) groups is 1. The van der Waals surface area contributed by atoms with Crippen molar-refractivity contribution < 1.29 is 4.79 Å². The fourth-order valence-electron chi connectivity index (χ4n) is 3.09. The maximum Gasteiger partial charge on any atom is 0.239 e. The largest absolute Gasteiger partial charge is 0.360 e. The van der Waals surface area contributed by atoms with Crippen molar-refractivity contribution in [2.45, 2.75) is 13.0 Å². The molecule has 152 valence electrons. The van der Waals surface area contributed by atoms with E-state index in [1.807, 2.05) is 7.05 Å². The molecule has 0 aliphatic carbocycles. The standard InChI is InChI=1S/C20H27N5OS.HI/c1-21-20(24(2)11-9-18-4-3-13-27-18)23-14-16-5-7-17(8-6-16)25-12-10-22-19(26)15-25;/h3-8,13H,9-12,14-15H2,1-2H3,(H,21,23)(H,22,26);1H. The van der Waals surface area contributed by atoms with Crippen molar-refractivity contribution in [1.82, 2.24) is 15.5 Å². The van der Waals surface area contributed by atoms with Gasteiger partial charge in [0.15, 0.2) is 5.96 Å². The Morgan fingerprint density at radius 2 is 2.11 bits per heavy atom. The van der Waals surface area contributed by atoms with E-state index in [2.05, 4.69) is 74.3 Å². The number of piperazine rings is 1. The zero-order chi connectivity index (χ0) is 19.1. The van der Waals surface area contributed by atoms with Crippen LogP contribution < -0.4 is 15.5 Å². The highest BCUT2D eigenvalue weighted by molar-refractivity contribution is 14.0. The minimum atomic E-state index is 0. The van der Waals surface area contributed by atoms with E-state index in [1.165, 1.54) is 10.4 Å². The van der Waals surface area contributed by atoms with Gasteiger partial charge in [0.1, 0.15) is 0 Å². The van der Waals surface area contributed by atoms with E-state index in [0.717, 1.165) is 37.7 Å². The van der Waals surface area contributed by atoms with Gasteiger partial charge >= 0.3 is 0 Å². The van der Waals surface area contributed by atoms with Crippen LogP contribution in [0.25, 0.3) is 0 Å². The smallest absolute Gasteiger partial charge is 0.239 e. The van der Waals surface area contributed by atoms with E-state index in [9.17, 15) is 4.79 Å². The van der Waals surface area contributed by atoms with Crippen LogP contribution in [-0.2, 0) is 17.8 Å². The van der Waals surface area contributed by atoms with E-state index in [4.69, 9.17) is 0 Å². The molecular weight excluding hydrogens is 485 g/mol. The minimum absolute atomic E-state index is 0. The molecule has 1 aromatic carbocycles. The molecule has 28 heavy (non-hydrogen) atoms. The lowest BCUT2D eigenvalue weighted by molar-refractivity contribution is -0.120. The number of nitrogens with one attached hydrogen (secondary N) is 2. The highest BCUT2D eigenvalue weighted by Gasteiger charge is 2.16. The molecule has 1 aliphatic heterocycles. The second-order valence-corrected chi connectivity index (χ2v) is 7.62. The molecule has 1 amide bonds. The Kier molecular flexibility index (Phi) is 9.04. The quantitative estimate of drug-likeness (QED) is 0.354. The highest BCUT2D eigenvalue weighted by Crippen LogP contribution is 2.16. The second-order valence-electron chi connectivity index (χ2n) is 6.59. The van der Waals surface area contributed by atoms with Crippen molar-refractivity contribution in [3.05, 3.63) is 52.2 Å². The predicted molar refractivity (Wildman–Crippen MR) is 128 cm³/mol. The van der Waals surface area contributed by atoms with Crippen molar-refractivity contribution in [2.24, 2.45) is 4.99 Å². The van der Waals surface area contributed by atoms with Crippen LogP contribution in [0.3, 0.4) is 0 Å². The Hall–Kier alpha value is -1.81. The number of likely N-dealkylation sites (N-methyl/N-ethyl adjacent to an activating group) is 1. The van der Waals surface area contributed by atoms with E-state index in [1.54, 1.807) is 11.3 Å². The van der Waals surface area contributed by atoms with Gasteiger partial charge in [0.05, 0.1) is 6.54 Å². The first kappa shape index (κ1) is 22.5. The van der Waals surface area contributed by atoms with Gasteiger partial charge in [0.2, 0.25) is 5.91 Å². The number of rotatable bonds is 6. The molecular formula is C20H28IN5OS. The molecule has 0 bridgehead atoms. The number of hydrogen-bond donors (Lipinski definition) is 2. The fraction of sp³-hybridized carbons (Fsp3) is 0.400. The summed E-state index contributed by atoms with van der Waals surface area (Å²) >= 11 is 1.79. The van der Waals surface area contributed by atoms with Gasteiger partial charge in [-0.05, 0) is 35.6 Å². The monoisotopic (exact) mass is 513 g/mol. The number of anilines is 1. The van der Waals surface area contributed by atoms with Crippen LogP contribution in [-0.4, -0.2) is 57.0 Å². The molecule has 0 unspecified atom stereocenters. The molecule has 3 rings (SSSR count). The molecule has 1 aromatic heterocycles. The first-order valence-electron chi connectivity index (χ1n) is 9.20. The van der Waals surface area contributed by atoms with Crippen molar-refractivity contribution in [2.75, 3.05) is 45.2 Å². The minimum Gasteiger partial charge on any atom is -0.360 e. The van der Waals surface area contributed by atoms with Crippen molar-refractivity contribution in [3.63, 3.8) is 0 Å². The Bertz CT molecular complexity index is 763. The number of nitrogens with zero attached hydrogens (tertiary/aromatic N) is 3. The summed E-state index contributed by atoms with van der Waals surface area (Å²) in [5.41, 5.74) is 2.28. The number of carbonyl (C=O) groups excluding carboxylic acids is 1. The van der Waals surface area contributed by atoms with Crippen LogP contribution in [0.4, 0.5) is 5.69 Å². The van der Waals surface area contributed by atoms with Gasteiger partial charge in [0, 0.05) is 50.8 Å². The Labute approximate surface area is 188 Å². The van der Waals surface area contributed by atoms with Crippen LogP contribution in [0.15, 0.2) is 46.8 Å². The first-order chi connectivity index (χ1) is 13.2. The third kappa shape index (κ3) is 6.37. The molecule has 0 atom stereocenters. The van der Waals surface area contributed by atoms with Crippen LogP contribution in [0.1, 0.15) is 10.4 Å². The molecule has 1 saturated heterocycles. The van der Waals surface area contributed by atoms with E-state index >= 15 is 0 Å². The summed E-state index contributed by atoms with van der Waals surface area (Å²) in [6.45, 7) is 3.63. The lowest BCUT2D eigenvalue weighted by Crippen LogP contribution is -2.47. The van der Waals surface area contributed by atoms with E-state index in [0.29, 0.717) is 13.1 Å². The van der Waals surface area contributed by atoms with Crippen molar-refractivity contribution in [3.8, 4) is 0 Å². The molecule has 8 heteroatoms. The van der Waals surface area contributed by atoms with Crippen molar-refractivity contribution >= 4 is 52.9 Å². The average molecular weight is 513 g/mol. The molecule has 0 saturated carbocycles. The summed E-state index contributed by atoms with van der Waals surface area (Å²) in [6, 6.07) is 12.6. The number of halogens is 1. The normalized spacial score (nSPS) is 14.3. The number of thiophene rings is 1. The van der Waals surface area contributed by atoms with Crippen LogP contribution >= 0.6 is 35.3 Å². The van der Waals surface area contributed by atoms with Crippen LogP contribution in [0.5, 0.6) is 0 Å². The zero-order valence-corrected chi connectivity index (χ0v) is 19.5. The third-order valence-corrected chi connectivity index (χ3v) is 5.57. The van der Waals surface area contributed by atoms with Gasteiger partial charge in [-0.3, -0.25) is 9.79 Å². The summed E-state index contributed by atoms with van der Waals surface area (Å²) in [5, 5.41) is 8.39. The Morgan fingerprint density at radius 1 is 1.32 bits per heavy atom. The number of aliphatic imine (C=N–C) groups is 1. The number of guanidine groups is 1. The summed E-state index contributed by atoms with van der Waals surface area (Å²) in [6.07, 6.45) is 1.02. The van der Waals surface area contributed by atoms with Crippen molar-refractivity contribution in [1.29, 1.82) is 0 Å². The Balaban J connectivity index is 0.00000280. The number of amides is 1. The predicted octanol–water partition coefficient (Wildman–Crippen LogP) is 2.55. The summed E-state index contributed by atoms with van der Waals surface area (Å²) < 4.78 is 0. The molecule has 1 fully saturated rings. The van der Waals surface area contributed by atoms with Gasteiger partial charge in [-0.15, -0.1) is 35.3 Å². The average Bonchev–Trinajstić information content (AvgIpc) is 3.21. The van der Waals surface area contributed by atoms with Gasteiger partial charge in [-0.1, -0.05) is 18.2 Å². The van der Waals surface area contributed by atoms with Gasteiger partial charge < -0.3 is 20.4 Å². The van der Waals surface area contributed by atoms with Gasteiger partial charge in [0.25, 0.3) is 0 Å². The summed E-state index contributed by atoms with van der Waals surface area (Å²) in [4.78, 5) is 21.6. The third-order valence-electron chi connectivity index (χ3n) is 4.64. The molecule has 2 aromatic rings. The maximum atomic E-state index is 11.5. The molecule has 2 heterocycles. The number of benzene rings is 1. The number of hydrogen-bond acceptors (Lipinski definition) is 4. The SMILES string of the molecule is CN=C(NCc1ccc(N2CCNC(=O)C2)cc1)N(C)CCc1cccs1.I. The molecule has 2 N–H and O–H groups in total. The first-order valence-corrected chi connectivity index (χ1v) is 10.1. The van der Waals surface area contributed by atoms with Gasteiger partial charge in [-0.25, -0.2) is 0 Å². The highest BCUT2D eigenvalue weighted by atomic mass is 127. The Morgan fingerprint density at radius 3 is 2.75 bits per heavy atom. The summed E-state index contributed by atoms with van der Waals surface area (Å²) in [5.74, 6) is 0.977. The lowest BCUT2D eigenvalue weighted by atomic mass is 10.2. The molecule has 0 radical (unpaired) electrons. The summed E-state index contributed by atoms with van der Waals surface area (Å²) in [7, 11) is 3.88. The van der Waals surface area contributed by atoms with E-state index < -0.39 is 0 Å². The molecule has 0 spiro atoms. The maximum absolute atomic E-state index is 11.5. The topological polar surface area (TPSA) is 60.0 Å². The van der Waals surface area contributed by atoms with Crippen LogP contribution in [0, 0.1) is 0 Å². The molecule has 1 aliphatic rings.